The number of allylic oxidation sites excluding steroid dienone is 1. The van der Waals surface area contributed by atoms with Crippen LogP contribution >= 0.6 is 0 Å². The Morgan fingerprint density at radius 1 is 1.22 bits per heavy atom. The molecule has 18 heavy (non-hydrogen) atoms. The Kier molecular flexibility index (Phi) is 5.46. The lowest BCUT2D eigenvalue weighted by Crippen LogP contribution is -2.04. The van der Waals surface area contributed by atoms with Gasteiger partial charge < -0.3 is 14.6 Å². The van der Waals surface area contributed by atoms with Gasteiger partial charge in [-0.2, -0.15) is 0 Å². The monoisotopic (exact) mass is 248 g/mol. The summed E-state index contributed by atoms with van der Waals surface area (Å²) in [5, 5.41) is 10.1. The summed E-state index contributed by atoms with van der Waals surface area (Å²) in [6.07, 6.45) is 4.00. The summed E-state index contributed by atoms with van der Waals surface area (Å²) in [7, 11) is 3.18. The lowest BCUT2D eigenvalue weighted by molar-refractivity contribution is 0.180. The van der Waals surface area contributed by atoms with Crippen LogP contribution in [-0.2, 0) is 6.42 Å². The number of methoxy groups -OCH3 is 2. The lowest BCUT2D eigenvalue weighted by Gasteiger charge is -2.18. The van der Waals surface area contributed by atoms with E-state index in [1.54, 1.807) is 32.4 Å². The molecule has 0 bridgehead atoms. The molecular formula is C15H20O3. The Morgan fingerprint density at radius 2 is 1.94 bits per heavy atom. The minimum absolute atomic E-state index is 0.500. The van der Waals surface area contributed by atoms with Gasteiger partial charge >= 0.3 is 0 Å². The van der Waals surface area contributed by atoms with Crippen LogP contribution in [0.3, 0.4) is 0 Å². The zero-order chi connectivity index (χ0) is 13.5. The molecule has 1 rings (SSSR count). The van der Waals surface area contributed by atoms with Crippen LogP contribution in [0.5, 0.6) is 11.5 Å². The number of ether oxygens (including phenoxy) is 2. The molecule has 1 unspecified atom stereocenters. The highest BCUT2D eigenvalue weighted by Crippen LogP contribution is 2.37. The molecule has 0 aliphatic heterocycles. The van der Waals surface area contributed by atoms with E-state index >= 15 is 0 Å². The highest BCUT2D eigenvalue weighted by atomic mass is 16.5. The quantitative estimate of drug-likeness (QED) is 0.754. The predicted octanol–water partition coefficient (Wildman–Crippen LogP) is 3.04. The van der Waals surface area contributed by atoms with Crippen molar-refractivity contribution in [1.29, 1.82) is 0 Å². The van der Waals surface area contributed by atoms with Crippen molar-refractivity contribution in [1.82, 2.24) is 0 Å². The second-order valence-corrected chi connectivity index (χ2v) is 3.90. The minimum Gasteiger partial charge on any atom is -0.493 e. The van der Waals surface area contributed by atoms with E-state index in [2.05, 4.69) is 13.2 Å². The summed E-state index contributed by atoms with van der Waals surface area (Å²) >= 11 is 0. The Labute approximate surface area is 108 Å². The standard InChI is InChI=1S/C15H20O3/c1-5-7-12-11(13(16)8-6-2)9-10-14(17-3)15(12)18-4/h5-6,9-10,13,16H,1-2,7-8H2,3-4H3. The van der Waals surface area contributed by atoms with Gasteiger partial charge in [0.05, 0.1) is 20.3 Å². The largest absolute Gasteiger partial charge is 0.493 e. The van der Waals surface area contributed by atoms with E-state index in [1.165, 1.54) is 0 Å². The van der Waals surface area contributed by atoms with Crippen molar-refractivity contribution in [2.24, 2.45) is 0 Å². The first kappa shape index (κ1) is 14.3. The minimum atomic E-state index is -0.586. The molecule has 0 heterocycles. The van der Waals surface area contributed by atoms with Gasteiger partial charge in [0.25, 0.3) is 0 Å². The first-order valence-electron chi connectivity index (χ1n) is 5.83. The van der Waals surface area contributed by atoms with Crippen LogP contribution in [0.15, 0.2) is 37.4 Å². The first-order chi connectivity index (χ1) is 8.69. The van der Waals surface area contributed by atoms with Gasteiger partial charge in [0, 0.05) is 5.56 Å². The fourth-order valence-electron chi connectivity index (χ4n) is 1.96. The maximum Gasteiger partial charge on any atom is 0.164 e. The van der Waals surface area contributed by atoms with Crippen LogP contribution in [-0.4, -0.2) is 19.3 Å². The normalized spacial score (nSPS) is 11.7. The molecule has 0 aliphatic carbocycles. The van der Waals surface area contributed by atoms with Crippen molar-refractivity contribution in [3.05, 3.63) is 48.6 Å². The average Bonchev–Trinajstić information content (AvgIpc) is 2.38. The summed E-state index contributed by atoms with van der Waals surface area (Å²) in [5.41, 5.74) is 1.73. The Balaban J connectivity index is 3.32. The molecule has 0 saturated heterocycles. The molecule has 0 radical (unpaired) electrons. The number of aliphatic hydroxyl groups excluding tert-OH is 1. The summed E-state index contributed by atoms with van der Waals surface area (Å²) in [6.45, 7) is 7.38. The predicted molar refractivity (Wildman–Crippen MR) is 73.2 cm³/mol. The van der Waals surface area contributed by atoms with Gasteiger partial charge in [-0.15, -0.1) is 13.2 Å². The fraction of sp³-hybridized carbons (Fsp3) is 0.333. The molecule has 3 heteroatoms. The van der Waals surface area contributed by atoms with Crippen LogP contribution in [0.4, 0.5) is 0 Å². The molecule has 1 aromatic rings. The van der Waals surface area contributed by atoms with Crippen LogP contribution in [0.1, 0.15) is 23.7 Å². The van der Waals surface area contributed by atoms with Gasteiger partial charge in [-0.25, -0.2) is 0 Å². The van der Waals surface area contributed by atoms with E-state index < -0.39 is 6.10 Å². The van der Waals surface area contributed by atoms with E-state index in [-0.39, 0.29) is 0 Å². The number of hydrogen-bond donors (Lipinski definition) is 1. The molecule has 1 atom stereocenters. The summed E-state index contributed by atoms with van der Waals surface area (Å²) < 4.78 is 10.6. The van der Waals surface area contributed by atoms with E-state index in [9.17, 15) is 5.11 Å². The second-order valence-electron chi connectivity index (χ2n) is 3.90. The molecule has 0 aromatic heterocycles. The van der Waals surface area contributed by atoms with Gasteiger partial charge in [0.2, 0.25) is 0 Å². The van der Waals surface area contributed by atoms with Crippen LogP contribution in [0, 0.1) is 0 Å². The van der Waals surface area contributed by atoms with Crippen molar-refractivity contribution in [2.75, 3.05) is 14.2 Å². The Bertz CT molecular complexity index is 424. The molecule has 0 saturated carbocycles. The molecule has 0 fully saturated rings. The Hall–Kier alpha value is -1.74. The number of hydrogen-bond acceptors (Lipinski definition) is 3. The third kappa shape index (κ3) is 2.93. The number of benzene rings is 1. The summed E-state index contributed by atoms with van der Waals surface area (Å²) in [6, 6.07) is 3.65. The van der Waals surface area contributed by atoms with Crippen LogP contribution in [0.25, 0.3) is 0 Å². The van der Waals surface area contributed by atoms with E-state index in [4.69, 9.17) is 9.47 Å². The summed E-state index contributed by atoms with van der Waals surface area (Å²) in [4.78, 5) is 0. The maximum atomic E-state index is 10.1. The number of rotatable bonds is 7. The first-order valence-corrected chi connectivity index (χ1v) is 5.83. The van der Waals surface area contributed by atoms with Crippen LogP contribution in [0.2, 0.25) is 0 Å². The molecule has 0 amide bonds. The van der Waals surface area contributed by atoms with Crippen molar-refractivity contribution in [3.63, 3.8) is 0 Å². The molecule has 1 N–H and O–H groups in total. The topological polar surface area (TPSA) is 38.7 Å². The average molecular weight is 248 g/mol. The summed E-state index contributed by atoms with van der Waals surface area (Å²) in [5.74, 6) is 1.31. The zero-order valence-corrected chi connectivity index (χ0v) is 11.0. The van der Waals surface area contributed by atoms with Gasteiger partial charge in [0.15, 0.2) is 11.5 Å². The maximum absolute atomic E-state index is 10.1. The molecule has 3 nitrogen and oxygen atoms in total. The zero-order valence-electron chi connectivity index (χ0n) is 11.0. The molecular weight excluding hydrogens is 228 g/mol. The highest BCUT2D eigenvalue weighted by molar-refractivity contribution is 5.52. The van der Waals surface area contributed by atoms with Crippen molar-refractivity contribution in [2.45, 2.75) is 18.9 Å². The van der Waals surface area contributed by atoms with Gasteiger partial charge in [0.1, 0.15) is 0 Å². The van der Waals surface area contributed by atoms with Gasteiger partial charge in [-0.3, -0.25) is 0 Å². The number of aliphatic hydroxyl groups is 1. The van der Waals surface area contributed by atoms with Gasteiger partial charge in [-0.1, -0.05) is 18.2 Å². The molecule has 1 aromatic carbocycles. The van der Waals surface area contributed by atoms with E-state index in [1.807, 2.05) is 6.07 Å². The molecule has 98 valence electrons. The lowest BCUT2D eigenvalue weighted by atomic mass is 9.96. The van der Waals surface area contributed by atoms with Crippen molar-refractivity contribution >= 4 is 0 Å². The van der Waals surface area contributed by atoms with Gasteiger partial charge in [-0.05, 0) is 24.5 Å². The van der Waals surface area contributed by atoms with E-state index in [0.29, 0.717) is 24.3 Å². The second kappa shape index (κ2) is 6.87. The van der Waals surface area contributed by atoms with Crippen LogP contribution < -0.4 is 9.47 Å². The Morgan fingerprint density at radius 3 is 2.44 bits per heavy atom. The highest BCUT2D eigenvalue weighted by Gasteiger charge is 2.18. The third-order valence-corrected chi connectivity index (χ3v) is 2.78. The van der Waals surface area contributed by atoms with Crippen molar-refractivity contribution < 1.29 is 14.6 Å². The molecule has 0 aliphatic rings. The smallest absolute Gasteiger partial charge is 0.164 e. The fourth-order valence-corrected chi connectivity index (χ4v) is 1.96. The SMILES string of the molecule is C=CCc1c(C(O)CC=C)ccc(OC)c1OC. The third-order valence-electron chi connectivity index (χ3n) is 2.78. The molecule has 0 spiro atoms. The van der Waals surface area contributed by atoms with Crippen molar-refractivity contribution in [3.8, 4) is 11.5 Å². The van der Waals surface area contributed by atoms with E-state index in [0.717, 1.165) is 11.1 Å².